The number of hydrogen-bond donors (Lipinski definition) is 2. The lowest BCUT2D eigenvalue weighted by Gasteiger charge is -1.93. The van der Waals surface area contributed by atoms with Crippen LogP contribution >= 0.6 is 0 Å². The molecule has 0 bridgehead atoms. The highest BCUT2D eigenvalue weighted by atomic mass is 16.1. The Kier molecular flexibility index (Phi) is 2.72. The van der Waals surface area contributed by atoms with Crippen LogP contribution in [0, 0.1) is 6.92 Å². The van der Waals surface area contributed by atoms with Crippen LogP contribution in [0.3, 0.4) is 0 Å². The van der Waals surface area contributed by atoms with Gasteiger partial charge in [0.25, 0.3) is 0 Å². The third kappa shape index (κ3) is 2.06. The molecule has 19 heavy (non-hydrogen) atoms. The maximum Gasteiger partial charge on any atom is 0.188 e. The minimum Gasteiger partial charge on any atom is -0.348 e. The molecule has 3 heterocycles. The van der Waals surface area contributed by atoms with E-state index in [1.165, 1.54) is 6.08 Å². The predicted octanol–water partition coefficient (Wildman–Crippen LogP) is 2.49. The van der Waals surface area contributed by atoms with Crippen molar-refractivity contribution in [2.75, 3.05) is 0 Å². The lowest BCUT2D eigenvalue weighted by atomic mass is 10.1. The monoisotopic (exact) mass is 252 g/mol. The van der Waals surface area contributed by atoms with Gasteiger partial charge in [0.05, 0.1) is 12.0 Å². The number of ketones is 1. The van der Waals surface area contributed by atoms with Gasteiger partial charge in [0.2, 0.25) is 0 Å². The van der Waals surface area contributed by atoms with Gasteiger partial charge in [0.15, 0.2) is 5.78 Å². The molecule has 3 aromatic heterocycles. The number of rotatable bonds is 3. The van der Waals surface area contributed by atoms with Crippen molar-refractivity contribution in [2.24, 2.45) is 0 Å². The van der Waals surface area contributed by atoms with E-state index < -0.39 is 0 Å². The van der Waals surface area contributed by atoms with Crippen LogP contribution in [0.4, 0.5) is 0 Å². The summed E-state index contributed by atoms with van der Waals surface area (Å²) in [6.45, 7) is 1.91. The van der Waals surface area contributed by atoms with E-state index in [2.05, 4.69) is 19.9 Å². The average molecular weight is 252 g/mol. The van der Waals surface area contributed by atoms with Crippen LogP contribution in [0.25, 0.3) is 17.1 Å². The summed E-state index contributed by atoms with van der Waals surface area (Å²) >= 11 is 0. The van der Waals surface area contributed by atoms with Crippen molar-refractivity contribution in [3.8, 4) is 0 Å². The zero-order valence-electron chi connectivity index (χ0n) is 10.3. The molecular formula is C14H12N4O. The number of allylic oxidation sites excluding steroid dienone is 1. The molecule has 0 unspecified atom stereocenters. The standard InChI is InChI=1S/C14H12N4O/c1-9-12(18-8-17-9)4-5-13(19)11-7-16-14-10(11)3-2-6-15-14/h2-8H,1H3,(H,15,16)(H,17,18)/b5-4+. The molecule has 3 rings (SSSR count). The lowest BCUT2D eigenvalue weighted by molar-refractivity contribution is 0.104. The molecule has 5 nitrogen and oxygen atoms in total. The van der Waals surface area contributed by atoms with Gasteiger partial charge in [-0.1, -0.05) is 0 Å². The first kappa shape index (κ1) is 11.4. The molecule has 0 radical (unpaired) electrons. The number of nitrogens with one attached hydrogen (secondary N) is 2. The van der Waals surface area contributed by atoms with Gasteiger partial charge in [-0.2, -0.15) is 0 Å². The van der Waals surface area contributed by atoms with E-state index in [0.717, 1.165) is 22.4 Å². The second kappa shape index (κ2) is 4.53. The molecule has 0 fully saturated rings. The molecule has 0 aliphatic carbocycles. The lowest BCUT2D eigenvalue weighted by Crippen LogP contribution is -1.92. The van der Waals surface area contributed by atoms with Gasteiger partial charge in [0, 0.05) is 29.0 Å². The summed E-state index contributed by atoms with van der Waals surface area (Å²) in [6, 6.07) is 3.69. The fourth-order valence-electron chi connectivity index (χ4n) is 1.94. The molecule has 0 saturated carbocycles. The number of aromatic amines is 2. The number of aromatic nitrogens is 4. The Morgan fingerprint density at radius 3 is 3.00 bits per heavy atom. The Morgan fingerprint density at radius 2 is 2.21 bits per heavy atom. The summed E-state index contributed by atoms with van der Waals surface area (Å²) in [5.74, 6) is -0.0679. The zero-order chi connectivity index (χ0) is 13.2. The molecule has 0 atom stereocenters. The number of nitrogens with zero attached hydrogens (tertiary/aromatic N) is 2. The number of carbonyl (C=O) groups is 1. The van der Waals surface area contributed by atoms with Gasteiger partial charge in [-0.05, 0) is 31.2 Å². The Balaban J connectivity index is 1.92. The van der Waals surface area contributed by atoms with Crippen LogP contribution in [0.5, 0.6) is 0 Å². The molecule has 0 aliphatic rings. The molecule has 0 aromatic carbocycles. The predicted molar refractivity (Wildman–Crippen MR) is 72.8 cm³/mol. The number of carbonyl (C=O) groups excluding carboxylic acids is 1. The minimum absolute atomic E-state index is 0.0679. The molecule has 0 spiro atoms. The van der Waals surface area contributed by atoms with Crippen LogP contribution in [-0.4, -0.2) is 25.7 Å². The van der Waals surface area contributed by atoms with E-state index in [1.54, 1.807) is 24.8 Å². The summed E-state index contributed by atoms with van der Waals surface area (Å²) in [5, 5.41) is 0.830. The maximum atomic E-state index is 12.2. The van der Waals surface area contributed by atoms with E-state index in [1.807, 2.05) is 19.1 Å². The minimum atomic E-state index is -0.0679. The zero-order valence-corrected chi connectivity index (χ0v) is 10.3. The van der Waals surface area contributed by atoms with Gasteiger partial charge in [-0.3, -0.25) is 4.79 Å². The molecule has 2 N–H and O–H groups in total. The first-order chi connectivity index (χ1) is 9.25. The van der Waals surface area contributed by atoms with E-state index in [-0.39, 0.29) is 5.78 Å². The SMILES string of the molecule is Cc1[nH]cnc1/C=C/C(=O)c1c[nH]c2ncccc12. The number of H-pyrrole nitrogens is 2. The Bertz CT molecular complexity index is 766. The van der Waals surface area contributed by atoms with Crippen molar-refractivity contribution < 1.29 is 4.79 Å². The van der Waals surface area contributed by atoms with E-state index >= 15 is 0 Å². The first-order valence-corrected chi connectivity index (χ1v) is 5.90. The summed E-state index contributed by atoms with van der Waals surface area (Å²) in [4.78, 5) is 26.4. The van der Waals surface area contributed by atoms with Crippen LogP contribution in [-0.2, 0) is 0 Å². The van der Waals surface area contributed by atoms with E-state index in [4.69, 9.17) is 0 Å². The third-order valence-corrected chi connectivity index (χ3v) is 2.98. The number of fused-ring (bicyclic) bond motifs is 1. The van der Waals surface area contributed by atoms with E-state index in [0.29, 0.717) is 5.56 Å². The first-order valence-electron chi connectivity index (χ1n) is 5.90. The van der Waals surface area contributed by atoms with E-state index in [9.17, 15) is 4.79 Å². The highest BCUT2D eigenvalue weighted by Crippen LogP contribution is 2.17. The van der Waals surface area contributed by atoms with Crippen molar-refractivity contribution in [3.05, 3.63) is 53.9 Å². The van der Waals surface area contributed by atoms with Gasteiger partial charge in [-0.25, -0.2) is 9.97 Å². The Labute approximate surface area is 109 Å². The van der Waals surface area contributed by atoms with Gasteiger partial charge in [0.1, 0.15) is 5.65 Å². The van der Waals surface area contributed by atoms with Crippen LogP contribution in [0.2, 0.25) is 0 Å². The van der Waals surface area contributed by atoms with Crippen molar-refractivity contribution in [2.45, 2.75) is 6.92 Å². The van der Waals surface area contributed by atoms with Crippen molar-refractivity contribution >= 4 is 22.9 Å². The molecule has 0 aliphatic heterocycles. The van der Waals surface area contributed by atoms with Gasteiger partial charge < -0.3 is 9.97 Å². The van der Waals surface area contributed by atoms with Crippen LogP contribution in [0.15, 0.2) is 36.9 Å². The highest BCUT2D eigenvalue weighted by molar-refractivity contribution is 6.14. The summed E-state index contributed by atoms with van der Waals surface area (Å²) in [7, 11) is 0. The topological polar surface area (TPSA) is 74.4 Å². The molecule has 5 heteroatoms. The summed E-state index contributed by atoms with van der Waals surface area (Å²) in [5.41, 5.74) is 3.04. The van der Waals surface area contributed by atoms with Crippen LogP contribution < -0.4 is 0 Å². The second-order valence-corrected chi connectivity index (χ2v) is 4.21. The molecule has 3 aromatic rings. The number of pyridine rings is 1. The highest BCUT2D eigenvalue weighted by Gasteiger charge is 2.09. The second-order valence-electron chi connectivity index (χ2n) is 4.21. The quantitative estimate of drug-likeness (QED) is 0.555. The molecular weight excluding hydrogens is 240 g/mol. The fourth-order valence-corrected chi connectivity index (χ4v) is 1.94. The summed E-state index contributed by atoms with van der Waals surface area (Å²) < 4.78 is 0. The average Bonchev–Trinajstić information content (AvgIpc) is 3.02. The molecule has 0 amide bonds. The van der Waals surface area contributed by atoms with Crippen molar-refractivity contribution in [1.29, 1.82) is 0 Å². The summed E-state index contributed by atoms with van der Waals surface area (Å²) in [6.07, 6.45) is 8.22. The van der Waals surface area contributed by atoms with Crippen LogP contribution in [0.1, 0.15) is 21.7 Å². The number of aryl methyl sites for hydroxylation is 1. The molecule has 94 valence electrons. The number of imidazole rings is 1. The Morgan fingerprint density at radius 1 is 1.32 bits per heavy atom. The van der Waals surface area contributed by atoms with Gasteiger partial charge in [-0.15, -0.1) is 0 Å². The third-order valence-electron chi connectivity index (χ3n) is 2.98. The molecule has 0 saturated heterocycles. The maximum absolute atomic E-state index is 12.2. The van der Waals surface area contributed by atoms with Crippen molar-refractivity contribution in [3.63, 3.8) is 0 Å². The van der Waals surface area contributed by atoms with Gasteiger partial charge >= 0.3 is 0 Å². The normalized spacial score (nSPS) is 11.4. The van der Waals surface area contributed by atoms with Crippen molar-refractivity contribution in [1.82, 2.24) is 19.9 Å². The smallest absolute Gasteiger partial charge is 0.188 e. The largest absolute Gasteiger partial charge is 0.348 e. The fraction of sp³-hybridized carbons (Fsp3) is 0.0714. The Hall–Kier alpha value is -2.69. The number of hydrogen-bond acceptors (Lipinski definition) is 3.